The Hall–Kier alpha value is -3.27. The third-order valence-corrected chi connectivity index (χ3v) is 5.53. The van der Waals surface area contributed by atoms with E-state index >= 15 is 0 Å². The second kappa shape index (κ2) is 8.00. The Morgan fingerprint density at radius 1 is 1.17 bits per heavy atom. The lowest BCUT2D eigenvalue weighted by Crippen LogP contribution is -2.70. The zero-order chi connectivity index (χ0) is 21.2. The Morgan fingerprint density at radius 3 is 2.48 bits per heavy atom. The normalized spacial score (nSPS) is 22.4. The molecule has 2 aromatic carbocycles. The summed E-state index contributed by atoms with van der Waals surface area (Å²) in [5.41, 5.74) is -0.540. The Bertz CT molecular complexity index is 988. The van der Waals surface area contributed by atoms with Crippen molar-refractivity contribution in [2.45, 2.75) is 44.2 Å². The van der Waals surface area contributed by atoms with Gasteiger partial charge in [0.25, 0.3) is 0 Å². The Labute approximate surface area is 167 Å². The van der Waals surface area contributed by atoms with E-state index in [0.717, 1.165) is 11.6 Å². The van der Waals surface area contributed by atoms with E-state index in [1.54, 1.807) is 6.92 Å². The fraction of sp³-hybridized carbons (Fsp3) is 0.318. The maximum atomic E-state index is 14.4. The second-order valence-electron chi connectivity index (χ2n) is 7.26. The van der Waals surface area contributed by atoms with Gasteiger partial charge in [0.05, 0.1) is 11.6 Å². The van der Waals surface area contributed by atoms with Crippen molar-refractivity contribution >= 4 is 11.8 Å². The number of carbonyl (C=O) groups excluding carboxylic acids is 2. The first kappa shape index (κ1) is 20.5. The molecule has 1 fully saturated rings. The van der Waals surface area contributed by atoms with Crippen molar-refractivity contribution in [1.82, 2.24) is 10.6 Å². The van der Waals surface area contributed by atoms with Crippen molar-refractivity contribution < 1.29 is 18.4 Å². The molecule has 1 aliphatic heterocycles. The molecule has 3 unspecified atom stereocenters. The van der Waals surface area contributed by atoms with E-state index in [2.05, 4.69) is 10.6 Å². The van der Waals surface area contributed by atoms with E-state index in [4.69, 9.17) is 0 Å². The van der Waals surface area contributed by atoms with Crippen LogP contribution in [0.2, 0.25) is 0 Å². The van der Waals surface area contributed by atoms with Gasteiger partial charge in [-0.25, -0.2) is 8.78 Å². The number of halogens is 2. The SMILES string of the molecule is CCC1(Cc2ccccc2)NC(=O)C(C(C)c2c(C#N)ccc(F)c2F)NC1=O. The predicted octanol–water partition coefficient (Wildman–Crippen LogP) is 2.95. The summed E-state index contributed by atoms with van der Waals surface area (Å²) in [6.45, 7) is 3.28. The molecule has 0 aromatic heterocycles. The lowest BCUT2D eigenvalue weighted by molar-refractivity contribution is -0.142. The van der Waals surface area contributed by atoms with Crippen LogP contribution >= 0.6 is 0 Å². The highest BCUT2D eigenvalue weighted by atomic mass is 19.2. The minimum absolute atomic E-state index is 0.0740. The van der Waals surface area contributed by atoms with Crippen LogP contribution < -0.4 is 10.6 Å². The number of nitriles is 1. The van der Waals surface area contributed by atoms with Gasteiger partial charge in [0.15, 0.2) is 11.6 Å². The van der Waals surface area contributed by atoms with Crippen LogP contribution in [0, 0.1) is 23.0 Å². The zero-order valence-electron chi connectivity index (χ0n) is 16.1. The number of piperazine rings is 1. The summed E-state index contributed by atoms with van der Waals surface area (Å²) < 4.78 is 28.2. The number of hydrogen-bond acceptors (Lipinski definition) is 3. The summed E-state index contributed by atoms with van der Waals surface area (Å²) in [5.74, 6) is -4.12. The average molecular weight is 397 g/mol. The van der Waals surface area contributed by atoms with Gasteiger partial charge in [-0.15, -0.1) is 0 Å². The first-order valence-electron chi connectivity index (χ1n) is 9.38. The molecule has 2 amide bonds. The number of benzene rings is 2. The summed E-state index contributed by atoms with van der Waals surface area (Å²) in [6.07, 6.45) is 0.666. The van der Waals surface area contributed by atoms with Gasteiger partial charge in [0.2, 0.25) is 11.8 Å². The van der Waals surface area contributed by atoms with Crippen LogP contribution in [-0.2, 0) is 16.0 Å². The predicted molar refractivity (Wildman–Crippen MR) is 103 cm³/mol. The highest BCUT2D eigenvalue weighted by molar-refractivity contribution is 6.00. The number of hydrogen-bond donors (Lipinski definition) is 2. The van der Waals surface area contributed by atoms with Crippen LogP contribution in [0.3, 0.4) is 0 Å². The molecule has 1 aliphatic rings. The van der Waals surface area contributed by atoms with Gasteiger partial charge in [0.1, 0.15) is 11.6 Å². The van der Waals surface area contributed by atoms with Crippen molar-refractivity contribution in [3.63, 3.8) is 0 Å². The monoisotopic (exact) mass is 397 g/mol. The van der Waals surface area contributed by atoms with Gasteiger partial charge in [-0.05, 0) is 24.1 Å². The van der Waals surface area contributed by atoms with Gasteiger partial charge < -0.3 is 10.6 Å². The van der Waals surface area contributed by atoms with Gasteiger partial charge >= 0.3 is 0 Å². The second-order valence-corrected chi connectivity index (χ2v) is 7.26. The summed E-state index contributed by atoms with van der Waals surface area (Å²) in [6, 6.07) is 12.0. The molecule has 3 atom stereocenters. The molecule has 7 heteroatoms. The first-order valence-corrected chi connectivity index (χ1v) is 9.38. The maximum Gasteiger partial charge on any atom is 0.246 e. The molecular formula is C22H21F2N3O2. The molecular weight excluding hydrogens is 376 g/mol. The molecule has 29 heavy (non-hydrogen) atoms. The molecule has 5 nitrogen and oxygen atoms in total. The van der Waals surface area contributed by atoms with E-state index in [1.807, 2.05) is 36.4 Å². The molecule has 2 N–H and O–H groups in total. The highest BCUT2D eigenvalue weighted by Gasteiger charge is 2.47. The van der Waals surface area contributed by atoms with Crippen LogP contribution in [-0.4, -0.2) is 23.4 Å². The van der Waals surface area contributed by atoms with Crippen molar-refractivity contribution in [3.8, 4) is 6.07 Å². The Balaban J connectivity index is 1.91. The smallest absolute Gasteiger partial charge is 0.246 e. The van der Waals surface area contributed by atoms with Crippen LogP contribution in [0.15, 0.2) is 42.5 Å². The number of carbonyl (C=O) groups is 2. The van der Waals surface area contributed by atoms with Crippen LogP contribution in [0.25, 0.3) is 0 Å². The summed E-state index contributed by atoms with van der Waals surface area (Å²) in [5, 5.41) is 14.7. The van der Waals surface area contributed by atoms with Crippen molar-refractivity contribution in [3.05, 3.63) is 70.8 Å². The van der Waals surface area contributed by atoms with Gasteiger partial charge in [-0.2, -0.15) is 5.26 Å². The molecule has 0 saturated carbocycles. The number of nitrogens with one attached hydrogen (secondary N) is 2. The lowest BCUT2D eigenvalue weighted by Gasteiger charge is -2.41. The van der Waals surface area contributed by atoms with Gasteiger partial charge in [-0.3, -0.25) is 9.59 Å². The largest absolute Gasteiger partial charge is 0.342 e. The summed E-state index contributed by atoms with van der Waals surface area (Å²) in [4.78, 5) is 25.9. The molecule has 0 bridgehead atoms. The molecule has 1 saturated heterocycles. The average Bonchev–Trinajstić information content (AvgIpc) is 2.72. The number of nitrogens with zero attached hydrogens (tertiary/aromatic N) is 1. The molecule has 0 aliphatic carbocycles. The fourth-order valence-electron chi connectivity index (χ4n) is 3.79. The van der Waals surface area contributed by atoms with E-state index in [-0.39, 0.29) is 11.1 Å². The number of rotatable bonds is 5. The number of amides is 2. The van der Waals surface area contributed by atoms with Crippen LogP contribution in [0.1, 0.15) is 42.9 Å². The lowest BCUT2D eigenvalue weighted by atomic mass is 9.81. The molecule has 0 spiro atoms. The third-order valence-electron chi connectivity index (χ3n) is 5.53. The summed E-state index contributed by atoms with van der Waals surface area (Å²) in [7, 11) is 0. The van der Waals surface area contributed by atoms with Crippen molar-refractivity contribution in [2.75, 3.05) is 0 Å². The van der Waals surface area contributed by atoms with Crippen LogP contribution in [0.4, 0.5) is 8.78 Å². The fourth-order valence-corrected chi connectivity index (χ4v) is 3.79. The minimum Gasteiger partial charge on any atom is -0.342 e. The van der Waals surface area contributed by atoms with E-state index in [9.17, 15) is 23.6 Å². The van der Waals surface area contributed by atoms with E-state index in [1.165, 1.54) is 13.0 Å². The quantitative estimate of drug-likeness (QED) is 0.814. The van der Waals surface area contributed by atoms with E-state index in [0.29, 0.717) is 12.8 Å². The van der Waals surface area contributed by atoms with Crippen LogP contribution in [0.5, 0.6) is 0 Å². The van der Waals surface area contributed by atoms with E-state index < -0.39 is 40.9 Å². The standard InChI is InChI=1S/C22H21F2N3O2/c1-3-22(11-14-7-5-4-6-8-14)21(29)26-19(20(28)27-22)13(2)17-15(12-25)9-10-16(23)18(17)24/h4-10,13,19H,3,11H2,1-2H3,(H,26,29)(H,27,28). The molecule has 0 radical (unpaired) electrons. The molecule has 2 aromatic rings. The first-order chi connectivity index (χ1) is 13.8. The summed E-state index contributed by atoms with van der Waals surface area (Å²) >= 11 is 0. The van der Waals surface area contributed by atoms with Crippen molar-refractivity contribution in [2.24, 2.45) is 0 Å². The zero-order valence-corrected chi connectivity index (χ0v) is 16.1. The minimum atomic E-state index is -1.18. The van der Waals surface area contributed by atoms with Gasteiger partial charge in [0, 0.05) is 17.9 Å². The maximum absolute atomic E-state index is 14.4. The van der Waals surface area contributed by atoms with Crippen molar-refractivity contribution in [1.29, 1.82) is 5.26 Å². The molecule has 1 heterocycles. The molecule has 150 valence electrons. The topological polar surface area (TPSA) is 82.0 Å². The third kappa shape index (κ3) is 3.70. The Kier molecular flexibility index (Phi) is 5.64. The highest BCUT2D eigenvalue weighted by Crippen LogP contribution is 2.31. The Morgan fingerprint density at radius 2 is 1.86 bits per heavy atom. The molecule has 3 rings (SSSR count). The van der Waals surface area contributed by atoms with Gasteiger partial charge in [-0.1, -0.05) is 44.2 Å².